The molecule has 0 aliphatic heterocycles. The highest BCUT2D eigenvalue weighted by atomic mass is 32.1. The highest BCUT2D eigenvalue weighted by molar-refractivity contribution is 7.13. The molecule has 1 amide bonds. The largest absolute Gasteiger partial charge is 0.344 e. The number of carbonyl (C=O) groups excluding carboxylic acids is 1. The normalized spacial score (nSPS) is 16.3. The summed E-state index contributed by atoms with van der Waals surface area (Å²) in [5.41, 5.74) is 4.24. The van der Waals surface area contributed by atoms with E-state index >= 15 is 0 Å². The third-order valence-corrected chi connectivity index (χ3v) is 5.08. The van der Waals surface area contributed by atoms with Crippen LogP contribution in [-0.4, -0.2) is 20.7 Å². The Labute approximate surface area is 138 Å². The van der Waals surface area contributed by atoms with Crippen molar-refractivity contribution in [3.8, 4) is 10.6 Å². The zero-order valence-electron chi connectivity index (χ0n) is 12.7. The van der Waals surface area contributed by atoms with Gasteiger partial charge >= 0.3 is 0 Å². The smallest absolute Gasteiger partial charge is 0.270 e. The number of thiazole rings is 1. The number of benzene rings is 1. The van der Waals surface area contributed by atoms with Gasteiger partial charge in [0.25, 0.3) is 5.91 Å². The summed E-state index contributed by atoms with van der Waals surface area (Å²) in [4.78, 5) is 16.7. The van der Waals surface area contributed by atoms with Crippen LogP contribution >= 0.6 is 11.3 Å². The maximum atomic E-state index is 12.4. The van der Waals surface area contributed by atoms with Gasteiger partial charge in [-0.3, -0.25) is 9.48 Å². The maximum absolute atomic E-state index is 12.4. The second-order valence-corrected chi connectivity index (χ2v) is 6.55. The van der Waals surface area contributed by atoms with Gasteiger partial charge in [-0.1, -0.05) is 12.1 Å². The SMILES string of the molecule is Cn1nccc1C(=O)N[C@@H]1CCc2cc(-c3nccs3)ccc21. The Morgan fingerprint density at radius 3 is 3.00 bits per heavy atom. The first-order chi connectivity index (χ1) is 11.2. The first kappa shape index (κ1) is 14.1. The second-order valence-electron chi connectivity index (χ2n) is 5.66. The van der Waals surface area contributed by atoms with E-state index in [2.05, 4.69) is 33.6 Å². The molecule has 0 saturated carbocycles. The Morgan fingerprint density at radius 2 is 2.26 bits per heavy atom. The van der Waals surface area contributed by atoms with E-state index in [9.17, 15) is 4.79 Å². The molecule has 0 radical (unpaired) electrons. The van der Waals surface area contributed by atoms with Crippen molar-refractivity contribution in [2.24, 2.45) is 7.05 Å². The van der Waals surface area contributed by atoms with Crippen LogP contribution in [0.5, 0.6) is 0 Å². The van der Waals surface area contributed by atoms with E-state index in [4.69, 9.17) is 0 Å². The highest BCUT2D eigenvalue weighted by Gasteiger charge is 2.25. The molecular weight excluding hydrogens is 308 g/mol. The molecule has 116 valence electrons. The van der Waals surface area contributed by atoms with Crippen molar-refractivity contribution in [1.29, 1.82) is 0 Å². The van der Waals surface area contributed by atoms with Crippen LogP contribution in [0.25, 0.3) is 10.6 Å². The second kappa shape index (κ2) is 5.62. The molecule has 0 spiro atoms. The average Bonchev–Trinajstić information content (AvgIpc) is 3.27. The number of hydrogen-bond acceptors (Lipinski definition) is 4. The van der Waals surface area contributed by atoms with Gasteiger partial charge in [-0.05, 0) is 36.1 Å². The fourth-order valence-corrected chi connectivity index (χ4v) is 3.73. The molecule has 23 heavy (non-hydrogen) atoms. The summed E-state index contributed by atoms with van der Waals surface area (Å²) in [5, 5.41) is 10.2. The molecule has 1 aliphatic rings. The molecule has 6 heteroatoms. The molecule has 0 fully saturated rings. The molecule has 2 aromatic heterocycles. The third kappa shape index (κ3) is 2.55. The third-order valence-electron chi connectivity index (χ3n) is 4.26. The van der Waals surface area contributed by atoms with Gasteiger partial charge in [0.15, 0.2) is 0 Å². The molecule has 0 unspecified atom stereocenters. The van der Waals surface area contributed by atoms with Gasteiger partial charge in [0.2, 0.25) is 0 Å². The summed E-state index contributed by atoms with van der Waals surface area (Å²) >= 11 is 1.64. The van der Waals surface area contributed by atoms with E-state index in [1.807, 2.05) is 11.6 Å². The number of fused-ring (bicyclic) bond motifs is 1. The van der Waals surface area contributed by atoms with E-state index in [1.54, 1.807) is 35.3 Å². The number of amides is 1. The minimum atomic E-state index is -0.0770. The number of nitrogens with zero attached hydrogens (tertiary/aromatic N) is 3. The Hall–Kier alpha value is -2.47. The van der Waals surface area contributed by atoms with Crippen molar-refractivity contribution in [1.82, 2.24) is 20.1 Å². The molecule has 2 heterocycles. The quantitative estimate of drug-likeness (QED) is 0.806. The molecule has 1 aromatic carbocycles. The number of aromatic nitrogens is 3. The van der Waals surface area contributed by atoms with Crippen LogP contribution in [0.2, 0.25) is 0 Å². The Bertz CT molecular complexity index is 853. The summed E-state index contributed by atoms with van der Waals surface area (Å²) in [6.45, 7) is 0. The first-order valence-electron chi connectivity index (χ1n) is 7.54. The lowest BCUT2D eigenvalue weighted by molar-refractivity contribution is 0.0927. The van der Waals surface area contributed by atoms with Crippen LogP contribution in [0.3, 0.4) is 0 Å². The zero-order chi connectivity index (χ0) is 15.8. The molecule has 1 aliphatic carbocycles. The van der Waals surface area contributed by atoms with E-state index in [0.29, 0.717) is 5.69 Å². The van der Waals surface area contributed by atoms with Gasteiger partial charge in [0.05, 0.1) is 6.04 Å². The van der Waals surface area contributed by atoms with Crippen molar-refractivity contribution in [3.63, 3.8) is 0 Å². The van der Waals surface area contributed by atoms with Crippen molar-refractivity contribution in [2.45, 2.75) is 18.9 Å². The average molecular weight is 324 g/mol. The number of nitrogens with one attached hydrogen (secondary N) is 1. The summed E-state index contributed by atoms with van der Waals surface area (Å²) in [7, 11) is 1.78. The lowest BCUT2D eigenvalue weighted by Gasteiger charge is -2.14. The fraction of sp³-hybridized carbons (Fsp3) is 0.235. The van der Waals surface area contributed by atoms with Crippen LogP contribution in [-0.2, 0) is 13.5 Å². The highest BCUT2D eigenvalue weighted by Crippen LogP contribution is 2.34. The Balaban J connectivity index is 1.56. The maximum Gasteiger partial charge on any atom is 0.270 e. The molecule has 5 nitrogen and oxygen atoms in total. The molecule has 0 bridgehead atoms. The first-order valence-corrected chi connectivity index (χ1v) is 8.42. The van der Waals surface area contributed by atoms with Gasteiger partial charge in [-0.15, -0.1) is 11.3 Å². The van der Waals surface area contributed by atoms with Crippen LogP contribution in [0.4, 0.5) is 0 Å². The number of aryl methyl sites for hydroxylation is 2. The molecular formula is C17H16N4OS. The zero-order valence-corrected chi connectivity index (χ0v) is 13.5. The van der Waals surface area contributed by atoms with Gasteiger partial charge in [-0.2, -0.15) is 5.10 Å². The van der Waals surface area contributed by atoms with Gasteiger partial charge in [-0.25, -0.2) is 4.98 Å². The number of hydrogen-bond donors (Lipinski definition) is 1. The van der Waals surface area contributed by atoms with E-state index in [1.165, 1.54) is 11.1 Å². The van der Waals surface area contributed by atoms with E-state index in [0.717, 1.165) is 23.4 Å². The van der Waals surface area contributed by atoms with Crippen molar-refractivity contribution in [2.75, 3.05) is 0 Å². The Kier molecular flexibility index (Phi) is 3.46. The topological polar surface area (TPSA) is 59.8 Å². The lowest BCUT2D eigenvalue weighted by Crippen LogP contribution is -2.28. The van der Waals surface area contributed by atoms with Crippen LogP contribution in [0.15, 0.2) is 42.0 Å². The molecule has 1 N–H and O–H groups in total. The molecule has 0 saturated heterocycles. The summed E-state index contributed by atoms with van der Waals surface area (Å²) in [5.74, 6) is -0.0770. The number of carbonyl (C=O) groups is 1. The van der Waals surface area contributed by atoms with E-state index in [-0.39, 0.29) is 11.9 Å². The summed E-state index contributed by atoms with van der Waals surface area (Å²) in [6.07, 6.45) is 5.37. The van der Waals surface area contributed by atoms with Crippen LogP contribution in [0, 0.1) is 0 Å². The van der Waals surface area contributed by atoms with Gasteiger partial charge < -0.3 is 5.32 Å². The summed E-state index contributed by atoms with van der Waals surface area (Å²) < 4.78 is 1.59. The number of rotatable bonds is 3. The van der Waals surface area contributed by atoms with Crippen molar-refractivity contribution in [3.05, 3.63) is 58.9 Å². The van der Waals surface area contributed by atoms with Crippen LogP contribution < -0.4 is 5.32 Å². The molecule has 3 aromatic rings. The predicted octanol–water partition coefficient (Wildman–Crippen LogP) is 2.96. The predicted molar refractivity (Wildman–Crippen MR) is 89.3 cm³/mol. The Morgan fingerprint density at radius 1 is 1.35 bits per heavy atom. The van der Waals surface area contributed by atoms with Gasteiger partial charge in [0, 0.05) is 30.4 Å². The fourth-order valence-electron chi connectivity index (χ4n) is 3.10. The minimum Gasteiger partial charge on any atom is -0.344 e. The van der Waals surface area contributed by atoms with E-state index < -0.39 is 0 Å². The van der Waals surface area contributed by atoms with Gasteiger partial charge in [0.1, 0.15) is 10.7 Å². The minimum absolute atomic E-state index is 0.0674. The lowest BCUT2D eigenvalue weighted by atomic mass is 10.0. The van der Waals surface area contributed by atoms with Crippen LogP contribution in [0.1, 0.15) is 34.1 Å². The van der Waals surface area contributed by atoms with Crippen molar-refractivity contribution >= 4 is 17.2 Å². The molecule has 1 atom stereocenters. The summed E-state index contributed by atoms with van der Waals surface area (Å²) in [6, 6.07) is 8.21. The standard InChI is InChI=1S/C17H16N4OS/c1-21-15(6-7-19-21)16(22)20-14-5-3-11-10-12(2-4-13(11)14)17-18-8-9-23-17/h2,4,6-10,14H,3,5H2,1H3,(H,20,22)/t14-/m1/s1. The van der Waals surface area contributed by atoms with Crippen molar-refractivity contribution < 1.29 is 4.79 Å². The molecule has 4 rings (SSSR count). The monoisotopic (exact) mass is 324 g/mol.